The van der Waals surface area contributed by atoms with Crippen LogP contribution in [-0.2, 0) is 0 Å². The van der Waals surface area contributed by atoms with E-state index in [0.29, 0.717) is 0 Å². The predicted molar refractivity (Wildman–Crippen MR) is 277 cm³/mol. The summed E-state index contributed by atoms with van der Waals surface area (Å²) in [6.07, 6.45) is 0. The molecule has 11 rings (SSSR count). The largest absolute Gasteiger partial charge is 0.311 e. The van der Waals surface area contributed by atoms with Crippen molar-refractivity contribution in [2.45, 2.75) is 0 Å². The highest BCUT2D eigenvalue weighted by molar-refractivity contribution is 5.89. The Hall–Kier alpha value is -8.52. The summed E-state index contributed by atoms with van der Waals surface area (Å²) in [4.78, 5) is 2.35. The molecular formula is C64H45N. The summed E-state index contributed by atoms with van der Waals surface area (Å²) in [6.45, 7) is 0. The van der Waals surface area contributed by atoms with Crippen LogP contribution in [0.25, 0.3) is 88.7 Å². The van der Waals surface area contributed by atoms with Gasteiger partial charge in [0.15, 0.2) is 0 Å². The van der Waals surface area contributed by atoms with Gasteiger partial charge in [-0.1, -0.05) is 206 Å². The van der Waals surface area contributed by atoms with Crippen LogP contribution in [0, 0.1) is 0 Å². The highest BCUT2D eigenvalue weighted by atomic mass is 15.1. The van der Waals surface area contributed by atoms with Gasteiger partial charge in [0.25, 0.3) is 0 Å². The molecule has 0 aromatic heterocycles. The van der Waals surface area contributed by atoms with Crippen molar-refractivity contribution in [1.82, 2.24) is 0 Å². The number of hydrogen-bond donors (Lipinski definition) is 0. The first-order chi connectivity index (χ1) is 32.2. The van der Waals surface area contributed by atoms with Crippen LogP contribution in [0.15, 0.2) is 273 Å². The summed E-state index contributed by atoms with van der Waals surface area (Å²) in [5.41, 5.74) is 20.0. The van der Waals surface area contributed by atoms with Crippen molar-refractivity contribution in [1.29, 1.82) is 0 Å². The minimum Gasteiger partial charge on any atom is -0.311 e. The highest BCUT2D eigenvalue weighted by Crippen LogP contribution is 2.40. The molecule has 0 spiro atoms. The van der Waals surface area contributed by atoms with E-state index in [2.05, 4.69) is 278 Å². The fourth-order valence-electron chi connectivity index (χ4n) is 8.98. The lowest BCUT2D eigenvalue weighted by Gasteiger charge is -2.26. The summed E-state index contributed by atoms with van der Waals surface area (Å²) >= 11 is 0. The lowest BCUT2D eigenvalue weighted by atomic mass is 9.93. The third kappa shape index (κ3) is 8.40. The maximum absolute atomic E-state index is 2.35. The smallest absolute Gasteiger partial charge is 0.0462 e. The van der Waals surface area contributed by atoms with Crippen molar-refractivity contribution in [3.05, 3.63) is 273 Å². The fourth-order valence-corrected chi connectivity index (χ4v) is 8.98. The number of benzene rings is 11. The molecule has 11 aromatic carbocycles. The average molecular weight is 828 g/mol. The third-order valence-electron chi connectivity index (χ3n) is 12.5. The van der Waals surface area contributed by atoms with Gasteiger partial charge in [-0.2, -0.15) is 0 Å². The summed E-state index contributed by atoms with van der Waals surface area (Å²) in [5.74, 6) is 0. The summed E-state index contributed by atoms with van der Waals surface area (Å²) in [7, 11) is 0. The van der Waals surface area contributed by atoms with Gasteiger partial charge in [-0.15, -0.1) is 0 Å². The van der Waals surface area contributed by atoms with Crippen LogP contribution in [0.4, 0.5) is 17.1 Å². The van der Waals surface area contributed by atoms with Crippen LogP contribution < -0.4 is 4.90 Å². The number of hydrogen-bond acceptors (Lipinski definition) is 1. The zero-order valence-corrected chi connectivity index (χ0v) is 35.9. The van der Waals surface area contributed by atoms with E-state index in [-0.39, 0.29) is 0 Å². The molecule has 1 heteroatoms. The van der Waals surface area contributed by atoms with Gasteiger partial charge in [0, 0.05) is 17.1 Å². The van der Waals surface area contributed by atoms with Crippen molar-refractivity contribution in [3.8, 4) is 77.9 Å². The Morgan fingerprint density at radius 3 is 0.862 bits per heavy atom. The van der Waals surface area contributed by atoms with Crippen LogP contribution in [0.2, 0.25) is 0 Å². The third-order valence-corrected chi connectivity index (χ3v) is 12.5. The molecule has 0 bridgehead atoms. The standard InChI is InChI=1S/C64H45N/c1-4-13-46(14-5-1)51-29-35-62(36-30-51)65(64-39-33-54(34-40-64)61-44-59(47-15-6-2-7-16-47)43-60(45-61)48-17-8-3-9-18-48)63-37-31-52(32-38-63)50-23-25-53(26-24-50)56-21-12-22-57(41-56)58-28-27-49-19-10-11-20-55(49)42-58/h1-45H. The van der Waals surface area contributed by atoms with Crippen LogP contribution in [0.5, 0.6) is 0 Å². The molecule has 0 fully saturated rings. The first-order valence-corrected chi connectivity index (χ1v) is 22.3. The Labute approximate surface area is 381 Å². The monoisotopic (exact) mass is 827 g/mol. The van der Waals surface area contributed by atoms with Gasteiger partial charge in [0.2, 0.25) is 0 Å². The molecule has 0 aliphatic heterocycles. The molecule has 0 heterocycles. The molecule has 0 amide bonds. The molecule has 1 nitrogen and oxygen atoms in total. The second-order valence-electron chi connectivity index (χ2n) is 16.6. The molecule has 306 valence electrons. The molecule has 0 atom stereocenters. The number of nitrogens with zero attached hydrogens (tertiary/aromatic N) is 1. The molecular weight excluding hydrogens is 783 g/mol. The quantitative estimate of drug-likeness (QED) is 0.133. The van der Waals surface area contributed by atoms with Crippen LogP contribution in [0.3, 0.4) is 0 Å². The molecule has 65 heavy (non-hydrogen) atoms. The topological polar surface area (TPSA) is 3.24 Å². The van der Waals surface area contributed by atoms with E-state index in [1.165, 1.54) is 88.7 Å². The van der Waals surface area contributed by atoms with E-state index >= 15 is 0 Å². The predicted octanol–water partition coefficient (Wildman–Crippen LogP) is 18.0. The van der Waals surface area contributed by atoms with Crippen molar-refractivity contribution in [2.75, 3.05) is 4.90 Å². The number of fused-ring (bicyclic) bond motifs is 1. The van der Waals surface area contributed by atoms with Gasteiger partial charge in [-0.25, -0.2) is 0 Å². The van der Waals surface area contributed by atoms with E-state index in [4.69, 9.17) is 0 Å². The SMILES string of the molecule is c1ccc(-c2ccc(N(c3ccc(-c4ccc(-c5cccc(-c6ccc7ccccc7c6)c5)cc4)cc3)c3ccc(-c4cc(-c5ccccc5)cc(-c5ccccc5)c4)cc3)cc2)cc1. The van der Waals surface area contributed by atoms with Crippen LogP contribution in [-0.4, -0.2) is 0 Å². The lowest BCUT2D eigenvalue weighted by Crippen LogP contribution is -2.09. The molecule has 0 saturated heterocycles. The maximum Gasteiger partial charge on any atom is 0.0462 e. The van der Waals surface area contributed by atoms with Gasteiger partial charge in [0.05, 0.1) is 0 Å². The molecule has 0 saturated carbocycles. The van der Waals surface area contributed by atoms with Crippen LogP contribution in [0.1, 0.15) is 0 Å². The normalized spacial score (nSPS) is 11.1. The number of anilines is 3. The number of rotatable bonds is 10. The van der Waals surface area contributed by atoms with Crippen LogP contribution >= 0.6 is 0 Å². The minimum absolute atomic E-state index is 1.09. The molecule has 0 aliphatic carbocycles. The van der Waals surface area contributed by atoms with Gasteiger partial charge in [-0.3, -0.25) is 0 Å². The lowest BCUT2D eigenvalue weighted by molar-refractivity contribution is 1.28. The van der Waals surface area contributed by atoms with Gasteiger partial charge in [-0.05, 0) is 155 Å². The molecule has 0 N–H and O–H groups in total. The molecule has 0 radical (unpaired) electrons. The molecule has 0 unspecified atom stereocenters. The second-order valence-corrected chi connectivity index (χ2v) is 16.6. The average Bonchev–Trinajstić information content (AvgIpc) is 3.40. The van der Waals surface area contributed by atoms with E-state index < -0.39 is 0 Å². The Morgan fingerprint density at radius 1 is 0.154 bits per heavy atom. The Balaban J connectivity index is 0.904. The van der Waals surface area contributed by atoms with E-state index in [1.54, 1.807) is 0 Å². The summed E-state index contributed by atoms with van der Waals surface area (Å²) in [5, 5.41) is 2.51. The van der Waals surface area contributed by atoms with Crippen molar-refractivity contribution in [3.63, 3.8) is 0 Å². The fraction of sp³-hybridized carbons (Fsp3) is 0. The Kier molecular flexibility index (Phi) is 10.7. The maximum atomic E-state index is 2.35. The van der Waals surface area contributed by atoms with E-state index in [1.807, 2.05) is 0 Å². The van der Waals surface area contributed by atoms with Crippen molar-refractivity contribution < 1.29 is 0 Å². The van der Waals surface area contributed by atoms with Gasteiger partial charge in [0.1, 0.15) is 0 Å². The molecule has 0 aliphatic rings. The Morgan fingerprint density at radius 2 is 0.415 bits per heavy atom. The van der Waals surface area contributed by atoms with E-state index in [0.717, 1.165) is 17.1 Å². The van der Waals surface area contributed by atoms with E-state index in [9.17, 15) is 0 Å². The highest BCUT2D eigenvalue weighted by Gasteiger charge is 2.15. The first kappa shape index (κ1) is 39.3. The zero-order valence-electron chi connectivity index (χ0n) is 35.9. The summed E-state index contributed by atoms with van der Waals surface area (Å²) in [6, 6.07) is 98.8. The second kappa shape index (κ2) is 17.7. The first-order valence-electron chi connectivity index (χ1n) is 22.3. The summed E-state index contributed by atoms with van der Waals surface area (Å²) < 4.78 is 0. The van der Waals surface area contributed by atoms with Gasteiger partial charge < -0.3 is 4.90 Å². The Bertz CT molecular complexity index is 3300. The zero-order chi connectivity index (χ0) is 43.4. The minimum atomic E-state index is 1.09. The molecule has 11 aromatic rings. The van der Waals surface area contributed by atoms with Crippen molar-refractivity contribution in [2.24, 2.45) is 0 Å². The van der Waals surface area contributed by atoms with Crippen molar-refractivity contribution >= 4 is 27.8 Å². The van der Waals surface area contributed by atoms with Gasteiger partial charge >= 0.3 is 0 Å².